The molecule has 4 N–H and O–H groups in total. The number of benzene rings is 1. The molecule has 0 aromatic heterocycles. The number of hydrogen-bond acceptors (Lipinski definition) is 4. The molecule has 0 spiro atoms. The molecule has 1 saturated carbocycles. The van der Waals surface area contributed by atoms with E-state index in [-0.39, 0.29) is 16.6 Å². The molecule has 1 aromatic rings. The van der Waals surface area contributed by atoms with Gasteiger partial charge in [0, 0.05) is 30.6 Å². The number of nitrogens with zero attached hydrogens (tertiary/aromatic N) is 1. The highest BCUT2D eigenvalue weighted by molar-refractivity contribution is 6.33. The van der Waals surface area contributed by atoms with Crippen molar-refractivity contribution in [1.82, 2.24) is 5.32 Å². The van der Waals surface area contributed by atoms with Crippen LogP contribution in [0, 0.1) is 0 Å². The third kappa shape index (κ3) is 3.71. The zero-order valence-corrected chi connectivity index (χ0v) is 14.5. The summed E-state index contributed by atoms with van der Waals surface area (Å²) in [5, 5.41) is 5.52. The van der Waals surface area contributed by atoms with Crippen LogP contribution in [0.5, 0.6) is 0 Å². The predicted octanol–water partition coefficient (Wildman–Crippen LogP) is 3.11. The summed E-state index contributed by atoms with van der Waals surface area (Å²) in [6.07, 6.45) is -0.905. The molecule has 1 fully saturated rings. The number of aliphatic imine (C=N–C) groups is 1. The van der Waals surface area contributed by atoms with Crippen LogP contribution >= 0.6 is 11.6 Å². The fourth-order valence-corrected chi connectivity index (χ4v) is 3.07. The van der Waals surface area contributed by atoms with Gasteiger partial charge in [0.2, 0.25) is 0 Å². The van der Waals surface area contributed by atoms with E-state index >= 15 is 0 Å². The summed E-state index contributed by atoms with van der Waals surface area (Å²) in [7, 11) is 0. The molecule has 1 aliphatic heterocycles. The van der Waals surface area contributed by atoms with Crippen LogP contribution in [0.2, 0.25) is 5.02 Å². The van der Waals surface area contributed by atoms with E-state index in [0.717, 1.165) is 30.2 Å². The van der Waals surface area contributed by atoms with Crippen LogP contribution in [0.1, 0.15) is 24.8 Å². The summed E-state index contributed by atoms with van der Waals surface area (Å²) in [6, 6.07) is 2.83. The first-order chi connectivity index (χ1) is 12.2. The Morgan fingerprint density at radius 1 is 1.35 bits per heavy atom. The Kier molecular flexibility index (Phi) is 4.98. The van der Waals surface area contributed by atoms with Gasteiger partial charge in [-0.3, -0.25) is 9.79 Å². The largest absolute Gasteiger partial charge is 0.416 e. The van der Waals surface area contributed by atoms with Crippen LogP contribution in [0.3, 0.4) is 0 Å². The summed E-state index contributed by atoms with van der Waals surface area (Å²) in [6.45, 7) is 1.18. The number of nitrogens with one attached hydrogen (secondary N) is 2. The third-order valence-electron chi connectivity index (χ3n) is 4.66. The summed E-state index contributed by atoms with van der Waals surface area (Å²) in [4.78, 5) is 17.1. The van der Waals surface area contributed by atoms with Gasteiger partial charge >= 0.3 is 6.18 Å². The molecule has 0 bridgehead atoms. The first-order valence-corrected chi connectivity index (χ1v) is 8.51. The van der Waals surface area contributed by atoms with Crippen molar-refractivity contribution >= 4 is 29.4 Å². The molecule has 0 saturated heterocycles. The number of carbonyl (C=O) groups is 1. The zero-order valence-electron chi connectivity index (χ0n) is 13.8. The maximum Gasteiger partial charge on any atom is 0.416 e. The number of alkyl halides is 3. The molecular formula is C17H18ClF3N4O. The molecule has 0 unspecified atom stereocenters. The molecule has 1 aromatic carbocycles. The molecule has 1 heterocycles. The van der Waals surface area contributed by atoms with Crippen LogP contribution in [0.25, 0.3) is 0 Å². The number of halogens is 4. The van der Waals surface area contributed by atoms with Gasteiger partial charge in [0.1, 0.15) is 5.54 Å². The first-order valence-electron chi connectivity index (χ1n) is 8.13. The van der Waals surface area contributed by atoms with Crippen molar-refractivity contribution in [3.8, 4) is 0 Å². The quantitative estimate of drug-likeness (QED) is 0.696. The second-order valence-electron chi connectivity index (χ2n) is 6.44. The van der Waals surface area contributed by atoms with Crippen molar-refractivity contribution in [2.45, 2.75) is 31.0 Å². The van der Waals surface area contributed by atoms with Gasteiger partial charge in [-0.15, -0.1) is 0 Å². The second-order valence-corrected chi connectivity index (χ2v) is 6.85. The number of carbonyl (C=O) groups excluding carboxylic acids is 1. The van der Waals surface area contributed by atoms with Crippen molar-refractivity contribution in [3.63, 3.8) is 0 Å². The van der Waals surface area contributed by atoms with Crippen LogP contribution < -0.4 is 16.4 Å². The molecule has 9 heteroatoms. The SMILES string of the molecule is NC1=C(C=NC2(C(=O)Nc3ccc(C(F)(F)F)cc3Cl)CCC2)CNC1. The monoisotopic (exact) mass is 386 g/mol. The Morgan fingerprint density at radius 2 is 2.08 bits per heavy atom. The lowest BCUT2D eigenvalue weighted by Gasteiger charge is -2.36. The highest BCUT2D eigenvalue weighted by Gasteiger charge is 2.44. The molecule has 140 valence electrons. The normalized spacial score (nSPS) is 19.7. The third-order valence-corrected chi connectivity index (χ3v) is 4.97. The predicted molar refractivity (Wildman–Crippen MR) is 94.2 cm³/mol. The van der Waals surface area contributed by atoms with Gasteiger partial charge in [0.25, 0.3) is 5.91 Å². The highest BCUT2D eigenvalue weighted by Crippen LogP contribution is 2.38. The van der Waals surface area contributed by atoms with Crippen LogP contribution in [-0.4, -0.2) is 30.8 Å². The minimum absolute atomic E-state index is 0.132. The molecule has 0 atom stereocenters. The summed E-state index contributed by atoms with van der Waals surface area (Å²) in [5.74, 6) is -0.383. The molecule has 2 aliphatic rings. The average Bonchev–Trinajstić information content (AvgIpc) is 2.92. The van der Waals surface area contributed by atoms with E-state index in [1.807, 2.05) is 0 Å². The Labute approximate surface area is 153 Å². The number of rotatable bonds is 4. The van der Waals surface area contributed by atoms with Gasteiger partial charge < -0.3 is 16.4 Å². The van der Waals surface area contributed by atoms with E-state index in [2.05, 4.69) is 15.6 Å². The lowest BCUT2D eigenvalue weighted by Crippen LogP contribution is -2.47. The van der Waals surface area contributed by atoms with Gasteiger partial charge in [0.15, 0.2) is 0 Å². The number of hydrogen-bond donors (Lipinski definition) is 3. The molecule has 1 aliphatic carbocycles. The van der Waals surface area contributed by atoms with Gasteiger partial charge in [0.05, 0.1) is 16.3 Å². The summed E-state index contributed by atoms with van der Waals surface area (Å²) < 4.78 is 38.1. The molecule has 1 amide bonds. The van der Waals surface area contributed by atoms with Crippen molar-refractivity contribution in [3.05, 3.63) is 40.1 Å². The Morgan fingerprint density at radius 3 is 2.58 bits per heavy atom. The van der Waals surface area contributed by atoms with Crippen LogP contribution in [0.4, 0.5) is 18.9 Å². The molecule has 0 radical (unpaired) electrons. The lowest BCUT2D eigenvalue weighted by atomic mass is 9.76. The van der Waals surface area contributed by atoms with E-state index in [1.165, 1.54) is 0 Å². The van der Waals surface area contributed by atoms with Crippen molar-refractivity contribution in [2.24, 2.45) is 10.7 Å². The topological polar surface area (TPSA) is 79.5 Å². The lowest BCUT2D eigenvalue weighted by molar-refractivity contribution is -0.137. The molecule has 3 rings (SSSR count). The van der Waals surface area contributed by atoms with E-state index < -0.39 is 17.3 Å². The molecular weight excluding hydrogens is 369 g/mol. The van der Waals surface area contributed by atoms with Gasteiger partial charge in [-0.05, 0) is 37.5 Å². The van der Waals surface area contributed by atoms with Gasteiger partial charge in [-0.2, -0.15) is 13.2 Å². The Balaban J connectivity index is 1.76. The van der Waals surface area contributed by atoms with Crippen LogP contribution in [0.15, 0.2) is 34.5 Å². The van der Waals surface area contributed by atoms with Gasteiger partial charge in [-0.25, -0.2) is 0 Å². The highest BCUT2D eigenvalue weighted by atomic mass is 35.5. The van der Waals surface area contributed by atoms with Crippen LogP contribution in [-0.2, 0) is 11.0 Å². The summed E-state index contributed by atoms with van der Waals surface area (Å²) >= 11 is 5.91. The van der Waals surface area contributed by atoms with Gasteiger partial charge in [-0.1, -0.05) is 11.6 Å². The number of anilines is 1. The van der Waals surface area contributed by atoms with E-state index in [9.17, 15) is 18.0 Å². The fraction of sp³-hybridized carbons (Fsp3) is 0.412. The number of amides is 1. The van der Waals surface area contributed by atoms with E-state index in [4.69, 9.17) is 17.3 Å². The van der Waals surface area contributed by atoms with E-state index in [0.29, 0.717) is 31.6 Å². The molecule has 5 nitrogen and oxygen atoms in total. The average molecular weight is 387 g/mol. The maximum absolute atomic E-state index is 12.7. The smallest absolute Gasteiger partial charge is 0.401 e. The van der Waals surface area contributed by atoms with Crippen molar-refractivity contribution in [2.75, 3.05) is 18.4 Å². The Bertz CT molecular complexity index is 785. The van der Waals surface area contributed by atoms with Crippen molar-refractivity contribution in [1.29, 1.82) is 0 Å². The molecule has 26 heavy (non-hydrogen) atoms. The maximum atomic E-state index is 12.7. The zero-order chi connectivity index (χ0) is 18.9. The fourth-order valence-electron chi connectivity index (χ4n) is 2.85. The first kappa shape index (κ1) is 18.7. The van der Waals surface area contributed by atoms with Crippen molar-refractivity contribution < 1.29 is 18.0 Å². The number of nitrogens with two attached hydrogens (primary N) is 1. The minimum atomic E-state index is -4.49. The Hall–Kier alpha value is -2.06. The summed E-state index contributed by atoms with van der Waals surface area (Å²) in [5.41, 5.74) is 5.72. The standard InChI is InChI=1S/C17H18ClF3N4O/c18-12-6-11(17(19,20)21)2-3-14(12)25-15(26)16(4-1-5-16)24-8-10-7-23-9-13(10)22/h2-3,6,8,23H,1,4-5,7,9,22H2,(H,25,26). The second kappa shape index (κ2) is 6.92. The van der Waals surface area contributed by atoms with E-state index in [1.54, 1.807) is 6.21 Å². The minimum Gasteiger partial charge on any atom is -0.401 e.